The van der Waals surface area contributed by atoms with Crippen molar-refractivity contribution in [3.05, 3.63) is 11.6 Å². The summed E-state index contributed by atoms with van der Waals surface area (Å²) in [5, 5.41) is 29.2. The Morgan fingerprint density at radius 2 is 1.80 bits per heavy atom. The van der Waals surface area contributed by atoms with Crippen molar-refractivity contribution in [1.82, 2.24) is 0 Å². The molecule has 0 amide bonds. The number of esters is 2. The fraction of sp³-hybridized carbons (Fsp3) is 0.826. The summed E-state index contributed by atoms with van der Waals surface area (Å²) >= 11 is 0. The molecule has 0 saturated heterocycles. The molecule has 174 valence electrons. The van der Waals surface area contributed by atoms with E-state index in [0.717, 1.165) is 12.8 Å². The summed E-state index contributed by atoms with van der Waals surface area (Å²) in [6.45, 7) is 7.43. The molecule has 5 unspecified atom stereocenters. The summed E-state index contributed by atoms with van der Waals surface area (Å²) in [4.78, 5) is 24.4. The SMILES string of the molecule is CCC(C)=CCC(C)(CC)C(=O)OCC(O)COC(=O)CCC1CCC(O)C(O)C1. The third-order valence-electron chi connectivity index (χ3n) is 6.22. The molecule has 30 heavy (non-hydrogen) atoms. The smallest absolute Gasteiger partial charge is 0.312 e. The predicted molar refractivity (Wildman–Crippen MR) is 114 cm³/mol. The fourth-order valence-corrected chi connectivity index (χ4v) is 3.37. The molecule has 1 aliphatic carbocycles. The topological polar surface area (TPSA) is 113 Å². The van der Waals surface area contributed by atoms with Gasteiger partial charge in [-0.3, -0.25) is 9.59 Å². The standard InChI is InChI=1S/C23H40O7/c1-5-16(3)11-12-23(4,6-2)22(28)30-15-18(24)14-29-21(27)10-8-17-7-9-19(25)20(26)13-17/h11,17-20,24-26H,5-10,12-15H2,1-4H3. The van der Waals surface area contributed by atoms with Gasteiger partial charge in [0.1, 0.15) is 19.3 Å². The van der Waals surface area contributed by atoms with Gasteiger partial charge in [-0.15, -0.1) is 0 Å². The molecule has 0 aromatic rings. The third-order valence-corrected chi connectivity index (χ3v) is 6.22. The van der Waals surface area contributed by atoms with E-state index in [9.17, 15) is 24.9 Å². The summed E-state index contributed by atoms with van der Waals surface area (Å²) in [5.74, 6) is -0.618. The van der Waals surface area contributed by atoms with Gasteiger partial charge in [-0.1, -0.05) is 25.5 Å². The Bertz CT molecular complexity index is 574. The predicted octanol–water partition coefficient (Wildman–Crippen LogP) is 2.90. The molecule has 5 atom stereocenters. The zero-order chi connectivity index (χ0) is 22.7. The first-order valence-corrected chi connectivity index (χ1v) is 11.1. The normalized spacial score (nSPS) is 25.3. The lowest BCUT2D eigenvalue weighted by Gasteiger charge is -2.29. The molecule has 0 bridgehead atoms. The molecule has 1 fully saturated rings. The van der Waals surface area contributed by atoms with E-state index in [0.29, 0.717) is 32.1 Å². The molecule has 0 spiro atoms. The number of aliphatic hydroxyl groups is 3. The molecule has 7 nitrogen and oxygen atoms in total. The van der Waals surface area contributed by atoms with Crippen LogP contribution < -0.4 is 0 Å². The number of carbonyl (C=O) groups is 2. The van der Waals surface area contributed by atoms with E-state index in [1.807, 2.05) is 20.8 Å². The number of ether oxygens (including phenoxy) is 2. The summed E-state index contributed by atoms with van der Waals surface area (Å²) in [7, 11) is 0. The van der Waals surface area contributed by atoms with Crippen LogP contribution >= 0.6 is 0 Å². The number of rotatable bonds is 12. The van der Waals surface area contributed by atoms with Gasteiger partial charge in [0.15, 0.2) is 0 Å². The molecule has 1 aliphatic rings. The average molecular weight is 429 g/mol. The van der Waals surface area contributed by atoms with Crippen LogP contribution in [0.5, 0.6) is 0 Å². The minimum Gasteiger partial charge on any atom is -0.463 e. The van der Waals surface area contributed by atoms with Crippen LogP contribution in [0.15, 0.2) is 11.6 Å². The van der Waals surface area contributed by atoms with E-state index >= 15 is 0 Å². The van der Waals surface area contributed by atoms with Crippen LogP contribution in [0.3, 0.4) is 0 Å². The van der Waals surface area contributed by atoms with Crippen molar-refractivity contribution in [2.24, 2.45) is 11.3 Å². The molecule has 0 heterocycles. The lowest BCUT2D eigenvalue weighted by Crippen LogP contribution is -2.34. The first-order chi connectivity index (χ1) is 14.1. The highest BCUT2D eigenvalue weighted by atomic mass is 16.6. The van der Waals surface area contributed by atoms with Crippen molar-refractivity contribution in [3.63, 3.8) is 0 Å². The van der Waals surface area contributed by atoms with Crippen LogP contribution in [0.4, 0.5) is 0 Å². The van der Waals surface area contributed by atoms with Crippen LogP contribution in [0, 0.1) is 11.3 Å². The Kier molecular flexibility index (Phi) is 11.6. The maximum atomic E-state index is 12.5. The summed E-state index contributed by atoms with van der Waals surface area (Å²) in [5.41, 5.74) is 0.568. The van der Waals surface area contributed by atoms with Crippen molar-refractivity contribution in [2.45, 2.75) is 97.4 Å². The Morgan fingerprint density at radius 3 is 2.40 bits per heavy atom. The van der Waals surface area contributed by atoms with E-state index in [1.165, 1.54) is 5.57 Å². The zero-order valence-corrected chi connectivity index (χ0v) is 18.9. The minimum atomic E-state index is -1.07. The van der Waals surface area contributed by atoms with Crippen LogP contribution in [0.25, 0.3) is 0 Å². The van der Waals surface area contributed by atoms with E-state index in [1.54, 1.807) is 0 Å². The number of hydrogen-bond acceptors (Lipinski definition) is 7. The van der Waals surface area contributed by atoms with E-state index in [-0.39, 0.29) is 31.5 Å². The molecular weight excluding hydrogens is 388 g/mol. The molecule has 7 heteroatoms. The third kappa shape index (κ3) is 9.14. The molecule has 3 N–H and O–H groups in total. The number of allylic oxidation sites excluding steroid dienone is 2. The van der Waals surface area contributed by atoms with Crippen molar-refractivity contribution < 1.29 is 34.4 Å². The first kappa shape index (κ1) is 26.6. The Balaban J connectivity index is 2.30. The van der Waals surface area contributed by atoms with Crippen molar-refractivity contribution in [1.29, 1.82) is 0 Å². The molecule has 0 radical (unpaired) electrons. The van der Waals surface area contributed by atoms with Gasteiger partial charge in [-0.05, 0) is 64.7 Å². The van der Waals surface area contributed by atoms with Crippen LogP contribution in [-0.4, -0.2) is 58.8 Å². The Morgan fingerprint density at radius 1 is 1.13 bits per heavy atom. The fourth-order valence-electron chi connectivity index (χ4n) is 3.37. The maximum absolute atomic E-state index is 12.5. The van der Waals surface area contributed by atoms with Gasteiger partial charge in [-0.25, -0.2) is 0 Å². The highest BCUT2D eigenvalue weighted by Crippen LogP contribution is 2.29. The van der Waals surface area contributed by atoms with Crippen LogP contribution in [0.1, 0.15) is 79.1 Å². The lowest BCUT2D eigenvalue weighted by molar-refractivity contribution is -0.160. The molecule has 1 rings (SSSR count). The van der Waals surface area contributed by atoms with E-state index in [2.05, 4.69) is 13.0 Å². The van der Waals surface area contributed by atoms with Gasteiger partial charge in [0.25, 0.3) is 0 Å². The van der Waals surface area contributed by atoms with E-state index in [4.69, 9.17) is 9.47 Å². The Labute approximate surface area is 180 Å². The summed E-state index contributed by atoms with van der Waals surface area (Å²) in [6.07, 6.45) is 4.27. The summed E-state index contributed by atoms with van der Waals surface area (Å²) < 4.78 is 10.4. The number of aliphatic hydroxyl groups excluding tert-OH is 3. The van der Waals surface area contributed by atoms with Gasteiger partial charge in [0, 0.05) is 6.42 Å². The van der Waals surface area contributed by atoms with Gasteiger partial charge >= 0.3 is 11.9 Å². The highest BCUT2D eigenvalue weighted by molar-refractivity contribution is 5.76. The zero-order valence-electron chi connectivity index (χ0n) is 18.9. The first-order valence-electron chi connectivity index (χ1n) is 11.1. The molecule has 0 aliphatic heterocycles. The second-order valence-corrected chi connectivity index (χ2v) is 8.81. The van der Waals surface area contributed by atoms with E-state index < -0.39 is 29.7 Å². The minimum absolute atomic E-state index is 0.180. The maximum Gasteiger partial charge on any atom is 0.312 e. The van der Waals surface area contributed by atoms with Gasteiger partial charge in [-0.2, -0.15) is 0 Å². The monoisotopic (exact) mass is 428 g/mol. The number of carbonyl (C=O) groups excluding carboxylic acids is 2. The van der Waals surface area contributed by atoms with Crippen LogP contribution in [-0.2, 0) is 19.1 Å². The summed E-state index contributed by atoms with van der Waals surface area (Å²) in [6, 6.07) is 0. The molecular formula is C23H40O7. The van der Waals surface area contributed by atoms with Gasteiger partial charge in [0.05, 0.1) is 17.6 Å². The Hall–Kier alpha value is -1.44. The molecule has 1 saturated carbocycles. The van der Waals surface area contributed by atoms with Crippen molar-refractivity contribution in [3.8, 4) is 0 Å². The second-order valence-electron chi connectivity index (χ2n) is 8.81. The average Bonchev–Trinajstić information content (AvgIpc) is 2.74. The van der Waals surface area contributed by atoms with Gasteiger partial charge in [0.2, 0.25) is 0 Å². The quantitative estimate of drug-likeness (QED) is 0.323. The van der Waals surface area contributed by atoms with Crippen molar-refractivity contribution in [2.75, 3.05) is 13.2 Å². The molecule has 0 aromatic heterocycles. The van der Waals surface area contributed by atoms with Gasteiger partial charge < -0.3 is 24.8 Å². The highest BCUT2D eigenvalue weighted by Gasteiger charge is 2.32. The van der Waals surface area contributed by atoms with Crippen molar-refractivity contribution >= 4 is 11.9 Å². The second kappa shape index (κ2) is 13.1. The van der Waals surface area contributed by atoms with Crippen LogP contribution in [0.2, 0.25) is 0 Å². The largest absolute Gasteiger partial charge is 0.463 e. The lowest BCUT2D eigenvalue weighted by atomic mass is 9.83. The number of hydrogen-bond donors (Lipinski definition) is 3. The molecule has 0 aromatic carbocycles.